The molecular formula is C11H17N. The van der Waals surface area contributed by atoms with Gasteiger partial charge in [-0.1, -0.05) is 11.6 Å². The van der Waals surface area contributed by atoms with E-state index in [9.17, 15) is 0 Å². The maximum Gasteiger partial charge on any atom is 0.0403 e. The smallest absolute Gasteiger partial charge is 0.0403 e. The van der Waals surface area contributed by atoms with Gasteiger partial charge in [0, 0.05) is 18.9 Å². The molecule has 0 bridgehead atoms. The van der Waals surface area contributed by atoms with E-state index in [0.29, 0.717) is 0 Å². The Morgan fingerprint density at radius 3 is 2.17 bits per heavy atom. The van der Waals surface area contributed by atoms with Crippen LogP contribution in [0.2, 0.25) is 0 Å². The number of allylic oxidation sites excluding steroid dienone is 2. The first-order valence-corrected chi connectivity index (χ1v) is 4.36. The van der Waals surface area contributed by atoms with Crippen LogP contribution in [0, 0.1) is 13.8 Å². The van der Waals surface area contributed by atoms with E-state index in [1.54, 1.807) is 0 Å². The Hall–Kier alpha value is -0.980. The maximum absolute atomic E-state index is 2.24. The van der Waals surface area contributed by atoms with Crippen LogP contribution in [-0.2, 0) is 6.54 Å². The largest absolute Gasteiger partial charge is 0.350 e. The summed E-state index contributed by atoms with van der Waals surface area (Å²) in [6.45, 7) is 9.55. The molecule has 0 amide bonds. The summed E-state index contributed by atoms with van der Waals surface area (Å²) in [7, 11) is 0. The second-order valence-corrected chi connectivity index (χ2v) is 3.60. The van der Waals surface area contributed by atoms with Gasteiger partial charge in [-0.2, -0.15) is 0 Å². The average molecular weight is 163 g/mol. The van der Waals surface area contributed by atoms with Gasteiger partial charge in [0.15, 0.2) is 0 Å². The van der Waals surface area contributed by atoms with E-state index in [-0.39, 0.29) is 0 Å². The fourth-order valence-corrected chi connectivity index (χ4v) is 1.13. The Kier molecular flexibility index (Phi) is 2.74. The zero-order valence-electron chi connectivity index (χ0n) is 8.39. The molecule has 0 saturated heterocycles. The summed E-state index contributed by atoms with van der Waals surface area (Å²) in [4.78, 5) is 0. The molecule has 0 saturated carbocycles. The lowest BCUT2D eigenvalue weighted by atomic mass is 10.2. The molecule has 1 aromatic rings. The van der Waals surface area contributed by atoms with Crippen LogP contribution in [0.25, 0.3) is 0 Å². The molecule has 1 rings (SSSR count). The highest BCUT2D eigenvalue weighted by Crippen LogP contribution is 2.07. The van der Waals surface area contributed by atoms with E-state index in [2.05, 4.69) is 50.7 Å². The third-order valence-corrected chi connectivity index (χ3v) is 2.05. The van der Waals surface area contributed by atoms with Crippen LogP contribution in [-0.4, -0.2) is 4.57 Å². The van der Waals surface area contributed by atoms with Crippen molar-refractivity contribution in [2.24, 2.45) is 0 Å². The molecule has 1 heterocycles. The summed E-state index contributed by atoms with van der Waals surface area (Å²) < 4.78 is 2.22. The monoisotopic (exact) mass is 163 g/mol. The Balaban J connectivity index is 2.71. The molecule has 0 unspecified atom stereocenters. The molecule has 0 fully saturated rings. The lowest BCUT2D eigenvalue weighted by Gasteiger charge is -1.96. The lowest BCUT2D eigenvalue weighted by Crippen LogP contribution is -1.90. The molecule has 0 atom stereocenters. The molecule has 0 aliphatic rings. The van der Waals surface area contributed by atoms with E-state index in [0.717, 1.165) is 6.54 Å². The van der Waals surface area contributed by atoms with E-state index >= 15 is 0 Å². The van der Waals surface area contributed by atoms with E-state index in [1.165, 1.54) is 16.7 Å². The summed E-state index contributed by atoms with van der Waals surface area (Å²) in [5.41, 5.74) is 4.12. The zero-order valence-corrected chi connectivity index (χ0v) is 8.39. The van der Waals surface area contributed by atoms with Gasteiger partial charge in [0.1, 0.15) is 0 Å². The van der Waals surface area contributed by atoms with Gasteiger partial charge in [0.2, 0.25) is 0 Å². The van der Waals surface area contributed by atoms with Crippen molar-refractivity contribution in [1.82, 2.24) is 4.57 Å². The minimum absolute atomic E-state index is 0.997. The standard InChI is InChI=1S/C11H17N/c1-9(2)5-6-12-7-10(3)11(4)8-12/h5,7-8H,6H2,1-4H3. The van der Waals surface area contributed by atoms with Gasteiger partial charge in [-0.15, -0.1) is 0 Å². The molecule has 1 nitrogen and oxygen atoms in total. The fourth-order valence-electron chi connectivity index (χ4n) is 1.13. The molecule has 1 aromatic heterocycles. The number of nitrogens with zero attached hydrogens (tertiary/aromatic N) is 1. The minimum Gasteiger partial charge on any atom is -0.350 e. The maximum atomic E-state index is 2.24. The van der Waals surface area contributed by atoms with Gasteiger partial charge < -0.3 is 4.57 Å². The van der Waals surface area contributed by atoms with Crippen LogP contribution in [0.4, 0.5) is 0 Å². The topological polar surface area (TPSA) is 4.93 Å². The molecule has 66 valence electrons. The highest BCUT2D eigenvalue weighted by molar-refractivity contribution is 5.21. The first-order valence-electron chi connectivity index (χ1n) is 4.36. The summed E-state index contributed by atoms with van der Waals surface area (Å²) in [5.74, 6) is 0. The second kappa shape index (κ2) is 3.61. The fraction of sp³-hybridized carbons (Fsp3) is 0.455. The van der Waals surface area contributed by atoms with Gasteiger partial charge in [-0.25, -0.2) is 0 Å². The highest BCUT2D eigenvalue weighted by Gasteiger charge is 1.95. The average Bonchev–Trinajstić information content (AvgIpc) is 2.28. The van der Waals surface area contributed by atoms with Gasteiger partial charge >= 0.3 is 0 Å². The van der Waals surface area contributed by atoms with Crippen molar-refractivity contribution < 1.29 is 0 Å². The van der Waals surface area contributed by atoms with Crippen LogP contribution in [0.5, 0.6) is 0 Å². The summed E-state index contributed by atoms with van der Waals surface area (Å²) in [6.07, 6.45) is 6.61. The third kappa shape index (κ3) is 2.26. The van der Waals surface area contributed by atoms with E-state index in [1.807, 2.05) is 0 Å². The van der Waals surface area contributed by atoms with Gasteiger partial charge in [0.05, 0.1) is 0 Å². The predicted octanol–water partition coefficient (Wildman–Crippen LogP) is 3.07. The van der Waals surface area contributed by atoms with Crippen LogP contribution < -0.4 is 0 Å². The molecule has 0 aliphatic heterocycles. The molecule has 0 aromatic carbocycles. The van der Waals surface area contributed by atoms with E-state index < -0.39 is 0 Å². The van der Waals surface area contributed by atoms with Crippen molar-refractivity contribution in [2.75, 3.05) is 0 Å². The number of hydrogen-bond donors (Lipinski definition) is 0. The Labute approximate surface area is 74.7 Å². The van der Waals surface area contributed by atoms with Crippen molar-refractivity contribution in [3.8, 4) is 0 Å². The van der Waals surface area contributed by atoms with Crippen molar-refractivity contribution in [2.45, 2.75) is 34.2 Å². The SMILES string of the molecule is CC(C)=CCn1cc(C)c(C)c1. The Bertz CT molecular complexity index is 268. The Morgan fingerprint density at radius 1 is 1.25 bits per heavy atom. The van der Waals surface area contributed by atoms with Gasteiger partial charge in [-0.05, 0) is 38.8 Å². The minimum atomic E-state index is 0.997. The molecular weight excluding hydrogens is 146 g/mol. The normalized spacial score (nSPS) is 10.0. The van der Waals surface area contributed by atoms with Gasteiger partial charge in [-0.3, -0.25) is 0 Å². The van der Waals surface area contributed by atoms with Crippen molar-refractivity contribution in [3.05, 3.63) is 35.2 Å². The predicted molar refractivity (Wildman–Crippen MR) is 53.3 cm³/mol. The number of hydrogen-bond acceptors (Lipinski definition) is 0. The molecule has 0 N–H and O–H groups in total. The lowest BCUT2D eigenvalue weighted by molar-refractivity contribution is 0.820. The molecule has 1 heteroatoms. The second-order valence-electron chi connectivity index (χ2n) is 3.60. The quantitative estimate of drug-likeness (QED) is 0.590. The summed E-state index contributed by atoms with van der Waals surface area (Å²) in [5, 5.41) is 0. The molecule has 12 heavy (non-hydrogen) atoms. The third-order valence-electron chi connectivity index (χ3n) is 2.05. The number of aryl methyl sites for hydroxylation is 2. The number of aromatic nitrogens is 1. The highest BCUT2D eigenvalue weighted by atomic mass is 14.9. The van der Waals surface area contributed by atoms with Gasteiger partial charge in [0.25, 0.3) is 0 Å². The summed E-state index contributed by atoms with van der Waals surface area (Å²) in [6, 6.07) is 0. The summed E-state index contributed by atoms with van der Waals surface area (Å²) >= 11 is 0. The van der Waals surface area contributed by atoms with E-state index in [4.69, 9.17) is 0 Å². The van der Waals surface area contributed by atoms with Crippen molar-refractivity contribution in [3.63, 3.8) is 0 Å². The molecule has 0 spiro atoms. The van der Waals surface area contributed by atoms with Crippen LogP contribution >= 0.6 is 0 Å². The number of rotatable bonds is 2. The van der Waals surface area contributed by atoms with Crippen molar-refractivity contribution >= 4 is 0 Å². The Morgan fingerprint density at radius 2 is 1.75 bits per heavy atom. The zero-order chi connectivity index (χ0) is 9.14. The first-order chi connectivity index (χ1) is 5.59. The van der Waals surface area contributed by atoms with Crippen LogP contribution in [0.3, 0.4) is 0 Å². The molecule has 0 radical (unpaired) electrons. The van der Waals surface area contributed by atoms with Crippen molar-refractivity contribution in [1.29, 1.82) is 0 Å². The molecule has 0 aliphatic carbocycles. The van der Waals surface area contributed by atoms with Crippen LogP contribution in [0.1, 0.15) is 25.0 Å². The van der Waals surface area contributed by atoms with Crippen LogP contribution in [0.15, 0.2) is 24.0 Å². The first kappa shape index (κ1) is 9.11.